The third-order valence-electron chi connectivity index (χ3n) is 26.0. The average Bonchev–Trinajstić information content (AvgIpc) is 1.09. The van der Waals surface area contributed by atoms with Crippen LogP contribution >= 0.6 is 0 Å². The maximum atomic E-state index is 15.6. The molecule has 5 heterocycles. The number of anilines is 1. The fourth-order valence-corrected chi connectivity index (χ4v) is 22.7. The molecule has 8 aliphatic carbocycles. The molecule has 456 valence electrons. The van der Waals surface area contributed by atoms with Gasteiger partial charge in [0.15, 0.2) is 6.29 Å². The summed E-state index contributed by atoms with van der Waals surface area (Å²) in [7, 11) is 0. The molecule has 83 heavy (non-hydrogen) atoms. The molecule has 3 aliphatic heterocycles. The number of aromatic nitrogens is 4. The summed E-state index contributed by atoms with van der Waals surface area (Å²) in [5.41, 5.74) is 2.61. The van der Waals surface area contributed by atoms with E-state index in [0.29, 0.717) is 82.9 Å². The minimum atomic E-state index is -1.71. The summed E-state index contributed by atoms with van der Waals surface area (Å²) in [6.07, 6.45) is 6.42. The first-order chi connectivity index (χ1) is 39.7. The molecular formula is C63H91N7O13. The lowest BCUT2D eigenvalue weighted by Gasteiger charge is -2.78. The number of carboxylic acid groups (broad SMARTS) is 1. The van der Waals surface area contributed by atoms with E-state index in [0.717, 1.165) is 50.0 Å². The number of aliphatic hydroxyl groups is 8. The van der Waals surface area contributed by atoms with E-state index in [-0.39, 0.29) is 49.2 Å². The van der Waals surface area contributed by atoms with E-state index in [1.54, 1.807) is 12.5 Å². The molecule has 15 N–H and O–H groups in total. The molecule has 0 aromatic carbocycles. The van der Waals surface area contributed by atoms with E-state index in [4.69, 9.17) is 20.2 Å². The van der Waals surface area contributed by atoms with Crippen LogP contribution in [0, 0.1) is 103 Å². The first-order valence-corrected chi connectivity index (χ1v) is 31.5. The van der Waals surface area contributed by atoms with E-state index in [1.165, 1.54) is 11.9 Å². The summed E-state index contributed by atoms with van der Waals surface area (Å²) in [6, 6.07) is -0.814. The Bertz CT molecular complexity index is 2860. The highest BCUT2D eigenvalue weighted by Gasteiger charge is 2.81. The zero-order valence-electron chi connectivity index (χ0n) is 48.5. The number of hydrogen-bond donors (Lipinski definition) is 14. The van der Waals surface area contributed by atoms with Gasteiger partial charge in [-0.05, 0) is 129 Å². The molecule has 4 bridgehead atoms. The summed E-state index contributed by atoms with van der Waals surface area (Å²) >= 11 is 0. The van der Waals surface area contributed by atoms with Gasteiger partial charge < -0.3 is 81.8 Å². The third-order valence-corrected chi connectivity index (χ3v) is 26.0. The second-order valence-corrected chi connectivity index (χ2v) is 29.1. The Balaban J connectivity index is 1.10. The number of hydrogen-bond acceptors (Lipinski definition) is 16. The van der Waals surface area contributed by atoms with E-state index in [2.05, 4.69) is 57.3 Å². The van der Waals surface area contributed by atoms with Crippen LogP contribution in [0.2, 0.25) is 0 Å². The summed E-state index contributed by atoms with van der Waals surface area (Å²) in [4.78, 5) is 46.3. The van der Waals surface area contributed by atoms with Crippen molar-refractivity contribution in [2.75, 3.05) is 31.7 Å². The zero-order valence-corrected chi connectivity index (χ0v) is 48.5. The topological polar surface area (TPSA) is 342 Å². The number of fused-ring (bicyclic) bond motifs is 5. The molecule has 6 saturated carbocycles. The molecule has 2 aromatic rings. The van der Waals surface area contributed by atoms with Crippen LogP contribution in [-0.4, -0.2) is 159 Å². The molecule has 2 aromatic heterocycles. The average molecular weight is 1150 g/mol. The van der Waals surface area contributed by atoms with Crippen molar-refractivity contribution in [2.45, 2.75) is 197 Å². The molecule has 2 saturated heterocycles. The second-order valence-electron chi connectivity index (χ2n) is 29.1. The monoisotopic (exact) mass is 1150 g/mol. The van der Waals surface area contributed by atoms with Crippen LogP contribution < -0.4 is 16.4 Å². The number of nitrogens with zero attached hydrogens (tertiary/aromatic N) is 2. The predicted octanol–water partition coefficient (Wildman–Crippen LogP) is 3.46. The van der Waals surface area contributed by atoms with E-state index < -0.39 is 141 Å². The Morgan fingerprint density at radius 2 is 1.67 bits per heavy atom. The zero-order chi connectivity index (χ0) is 58.4. The SMILES string of the molecule is C[C@]1(CO)CC[C@@]2(C(=O)O)[C@@H](C1)C1=CC[C@@H]3[C@@]4(C5CCCC5)[C@@H]5[C@@H](O)[C@@H](O[C@@H]6OC[C@@H](O)[C@H](O)[C@H]6O)[C@@](C)(CO)[C@H]4CC[C@@]3(C)[C@]1(CCC#C[C@H]5[C@H]1[C@@H]([C@@H](c3cnc[nH]3)[C@H](O)C[C@@H](N)O)NC(=O)C13CCCC3)[C@H]1Cc3[nH]cnc3NC[C@@H]12. The Morgan fingerprint density at radius 3 is 2.37 bits per heavy atom. The number of rotatable bonds is 12. The van der Waals surface area contributed by atoms with Crippen LogP contribution in [0.1, 0.15) is 147 Å². The number of carbonyl (C=O) groups excluding carboxylic acids is 1. The van der Waals surface area contributed by atoms with Gasteiger partial charge in [-0.3, -0.25) is 9.59 Å². The van der Waals surface area contributed by atoms with Gasteiger partial charge in [0.25, 0.3) is 0 Å². The van der Waals surface area contributed by atoms with Crippen LogP contribution in [0.3, 0.4) is 0 Å². The maximum Gasteiger partial charge on any atom is 0.310 e. The van der Waals surface area contributed by atoms with Crippen molar-refractivity contribution in [1.29, 1.82) is 0 Å². The summed E-state index contributed by atoms with van der Waals surface area (Å²) in [5.74, 6) is 2.83. The van der Waals surface area contributed by atoms with Gasteiger partial charge in [0.1, 0.15) is 30.4 Å². The van der Waals surface area contributed by atoms with Crippen LogP contribution in [-0.2, 0) is 25.5 Å². The molecule has 0 radical (unpaired) electrons. The number of aliphatic carboxylic acids is 1. The summed E-state index contributed by atoms with van der Waals surface area (Å²) in [6.45, 7) is 6.14. The number of amides is 1. The molecule has 24 atom stereocenters. The van der Waals surface area contributed by atoms with Gasteiger partial charge in [-0.1, -0.05) is 64.0 Å². The Labute approximate surface area is 486 Å². The van der Waals surface area contributed by atoms with Crippen molar-refractivity contribution in [3.63, 3.8) is 0 Å². The number of nitrogens with two attached hydrogens (primary N) is 1. The van der Waals surface area contributed by atoms with Crippen molar-refractivity contribution in [3.05, 3.63) is 41.9 Å². The number of ether oxygens (including phenoxy) is 2. The molecule has 20 heteroatoms. The Hall–Kier alpha value is -3.98. The predicted molar refractivity (Wildman–Crippen MR) is 301 cm³/mol. The van der Waals surface area contributed by atoms with Crippen molar-refractivity contribution in [2.24, 2.45) is 96.9 Å². The lowest BCUT2D eigenvalue weighted by atomic mass is 9.26. The first kappa shape index (κ1) is 58.1. The highest BCUT2D eigenvalue weighted by molar-refractivity contribution is 5.87. The van der Waals surface area contributed by atoms with Gasteiger partial charge in [0, 0.05) is 78.4 Å². The lowest BCUT2D eigenvalue weighted by molar-refractivity contribution is -0.354. The fourth-order valence-electron chi connectivity index (χ4n) is 22.7. The number of H-pyrrole nitrogens is 2. The summed E-state index contributed by atoms with van der Waals surface area (Å²) in [5, 5.41) is 115. The van der Waals surface area contributed by atoms with E-state index >= 15 is 4.79 Å². The number of carbonyl (C=O) groups is 2. The van der Waals surface area contributed by atoms with Gasteiger partial charge in [-0.15, -0.1) is 5.92 Å². The maximum absolute atomic E-state index is 15.6. The van der Waals surface area contributed by atoms with Gasteiger partial charge in [-0.2, -0.15) is 0 Å². The molecule has 1 amide bonds. The van der Waals surface area contributed by atoms with Crippen molar-refractivity contribution >= 4 is 17.7 Å². The highest BCUT2D eigenvalue weighted by Crippen LogP contribution is 2.83. The second kappa shape index (κ2) is 20.8. The lowest BCUT2D eigenvalue weighted by Crippen LogP contribution is -2.77. The van der Waals surface area contributed by atoms with Crippen LogP contribution in [0.15, 0.2) is 30.5 Å². The number of allylic oxidation sites excluding steroid dienone is 2. The standard InChI is InChI=1S/C63H91N7O13/c1-57(28-71)20-21-61(56(80)81)36(24-57)34-13-14-43-59(3)19-15-42-58(2,29-72)52(83-54-51(78)49(76)41(74)27-82-54)50(77)47(63(42,43)32-10-4-5-11-32)33(12-6-7-18-62(34,59)35-22-38-53(69-31-68-38)66-25-37(35)61)46-48(70-55(79)60(46)16-8-9-17-60)45(39-26-65-30-67-39)40(73)23-44(64)75/h13,26,30-33,35-37,40-52,54,66,71-78H,4-5,7-11,14-25,27-29,64H2,1-3H3,(H,65,67)(H,68,69)(H,70,79)(H,80,81)/t33-,35-,36-,37-,40+,41+,42+,43-,44-,45-,46-,47-,48+,49-,50+,51+,52+,54-,57-,58-,59+,61+,62-,63-/m0/s1. The molecule has 2 spiro atoms. The minimum absolute atomic E-state index is 0.0443. The Kier molecular flexibility index (Phi) is 14.6. The smallest absolute Gasteiger partial charge is 0.310 e. The van der Waals surface area contributed by atoms with Crippen LogP contribution in [0.4, 0.5) is 5.82 Å². The van der Waals surface area contributed by atoms with Crippen LogP contribution in [0.5, 0.6) is 0 Å². The largest absolute Gasteiger partial charge is 0.481 e. The van der Waals surface area contributed by atoms with Gasteiger partial charge in [-0.25, -0.2) is 9.97 Å². The van der Waals surface area contributed by atoms with Gasteiger partial charge >= 0.3 is 5.97 Å². The minimum Gasteiger partial charge on any atom is -0.481 e. The van der Waals surface area contributed by atoms with E-state index in [1.807, 2.05) is 6.92 Å². The summed E-state index contributed by atoms with van der Waals surface area (Å²) < 4.78 is 13.1. The molecular weight excluding hydrogens is 1060 g/mol. The number of imidazole rings is 2. The fraction of sp³-hybridized carbons (Fsp3) is 0.810. The van der Waals surface area contributed by atoms with Crippen molar-refractivity contribution < 1.29 is 65.0 Å². The molecule has 0 unspecified atom stereocenters. The normalized spacial score (nSPS) is 47.2. The van der Waals surface area contributed by atoms with Gasteiger partial charge in [0.2, 0.25) is 5.91 Å². The highest BCUT2D eigenvalue weighted by atomic mass is 16.7. The van der Waals surface area contributed by atoms with Crippen LogP contribution in [0.25, 0.3) is 0 Å². The Morgan fingerprint density at radius 1 is 0.904 bits per heavy atom. The van der Waals surface area contributed by atoms with Crippen molar-refractivity contribution in [1.82, 2.24) is 25.3 Å². The molecule has 8 fully saturated rings. The molecule has 13 rings (SSSR count). The third kappa shape index (κ3) is 8.03. The molecule has 11 aliphatic rings. The van der Waals surface area contributed by atoms with E-state index in [9.17, 15) is 50.8 Å². The number of aromatic amines is 2. The van der Waals surface area contributed by atoms with Gasteiger partial charge in [0.05, 0.1) is 60.7 Å². The number of carboxylic acids is 1. The number of nitrogens with one attached hydrogen (secondary N) is 4. The quantitative estimate of drug-likeness (QED) is 0.0626. The number of aliphatic hydroxyl groups excluding tert-OH is 8. The molecule has 20 nitrogen and oxygen atoms in total. The first-order valence-electron chi connectivity index (χ1n) is 31.5. The van der Waals surface area contributed by atoms with Crippen molar-refractivity contribution in [3.8, 4) is 11.8 Å².